The zero-order chi connectivity index (χ0) is 15.0. The van der Waals surface area contributed by atoms with E-state index in [1.54, 1.807) is 0 Å². The Bertz CT molecular complexity index is 772. The molecular weight excluding hydrogens is 264 g/mol. The number of aliphatic hydroxyl groups excluding tert-OH is 1. The first-order chi connectivity index (χ1) is 10.1. The monoisotopic (exact) mass is 284 g/mol. The summed E-state index contributed by atoms with van der Waals surface area (Å²) in [5.41, 5.74) is 3.83. The van der Waals surface area contributed by atoms with Crippen LogP contribution in [0.4, 0.5) is 0 Å². The third-order valence-corrected chi connectivity index (χ3v) is 3.89. The second-order valence-electron chi connectivity index (χ2n) is 5.35. The summed E-state index contributed by atoms with van der Waals surface area (Å²) in [5, 5.41) is 20.5. The van der Waals surface area contributed by atoms with Gasteiger partial charge in [0.25, 0.3) is 0 Å². The van der Waals surface area contributed by atoms with Gasteiger partial charge in [-0.2, -0.15) is 10.2 Å². The smallest absolute Gasteiger partial charge is 0.104 e. The highest BCUT2D eigenvalue weighted by Crippen LogP contribution is 2.25. The van der Waals surface area contributed by atoms with Crippen LogP contribution in [0.15, 0.2) is 30.3 Å². The number of fused-ring (bicyclic) bond motifs is 1. The first kappa shape index (κ1) is 13.8. The number of nitrogens with zero attached hydrogens (tertiary/aromatic N) is 4. The molecule has 21 heavy (non-hydrogen) atoms. The Kier molecular flexibility index (Phi) is 3.51. The van der Waals surface area contributed by atoms with Gasteiger partial charge in [0.1, 0.15) is 6.10 Å². The van der Waals surface area contributed by atoms with Gasteiger partial charge >= 0.3 is 0 Å². The normalized spacial score (nSPS) is 13.0. The molecule has 1 atom stereocenters. The molecule has 0 bridgehead atoms. The molecular formula is C16H20N4O. The van der Waals surface area contributed by atoms with Gasteiger partial charge in [-0.25, -0.2) is 0 Å². The van der Waals surface area contributed by atoms with Crippen LogP contribution in [-0.2, 0) is 26.9 Å². The lowest BCUT2D eigenvalue weighted by atomic mass is 10.1. The maximum Gasteiger partial charge on any atom is 0.104 e. The summed E-state index contributed by atoms with van der Waals surface area (Å²) >= 11 is 0. The highest BCUT2D eigenvalue weighted by molar-refractivity contribution is 5.82. The standard InChI is InChI=1S/C16H20N4O/c1-4-11-9-12(19(2)17-11)10-15(21)16-13-7-5-6-8-14(13)20(3)18-16/h5-9,15,21H,4,10H2,1-3H3. The molecule has 0 saturated carbocycles. The van der Waals surface area contributed by atoms with Crippen molar-refractivity contribution in [2.45, 2.75) is 25.9 Å². The molecule has 1 aromatic carbocycles. The largest absolute Gasteiger partial charge is 0.386 e. The fourth-order valence-electron chi connectivity index (χ4n) is 2.72. The second kappa shape index (κ2) is 5.33. The lowest BCUT2D eigenvalue weighted by Gasteiger charge is -2.08. The van der Waals surface area contributed by atoms with E-state index in [1.165, 1.54) is 0 Å². The van der Waals surface area contributed by atoms with Crippen LogP contribution >= 0.6 is 0 Å². The molecule has 2 aromatic heterocycles. The Morgan fingerprint density at radius 1 is 1.14 bits per heavy atom. The summed E-state index contributed by atoms with van der Waals surface area (Å²) in [6.45, 7) is 2.08. The molecule has 0 saturated heterocycles. The van der Waals surface area contributed by atoms with Gasteiger partial charge in [-0.05, 0) is 18.6 Å². The molecule has 5 heteroatoms. The van der Waals surface area contributed by atoms with Gasteiger partial charge in [0.2, 0.25) is 0 Å². The second-order valence-corrected chi connectivity index (χ2v) is 5.35. The first-order valence-corrected chi connectivity index (χ1v) is 7.21. The van der Waals surface area contributed by atoms with Crippen LogP contribution in [0.25, 0.3) is 10.9 Å². The van der Waals surface area contributed by atoms with Gasteiger partial charge in [0, 0.05) is 31.6 Å². The summed E-state index contributed by atoms with van der Waals surface area (Å²) in [6, 6.07) is 10.0. The van der Waals surface area contributed by atoms with Crippen LogP contribution in [-0.4, -0.2) is 24.7 Å². The quantitative estimate of drug-likeness (QED) is 0.798. The van der Waals surface area contributed by atoms with E-state index < -0.39 is 6.10 Å². The topological polar surface area (TPSA) is 55.9 Å². The third kappa shape index (κ3) is 2.45. The van der Waals surface area contributed by atoms with Crippen LogP contribution in [0.3, 0.4) is 0 Å². The summed E-state index contributed by atoms with van der Waals surface area (Å²) in [5.74, 6) is 0. The van der Waals surface area contributed by atoms with E-state index >= 15 is 0 Å². The maximum atomic E-state index is 10.6. The number of aliphatic hydroxyl groups is 1. The summed E-state index contributed by atoms with van der Waals surface area (Å²) in [7, 11) is 3.82. The molecule has 2 heterocycles. The Hall–Kier alpha value is -2.14. The van der Waals surface area contributed by atoms with E-state index in [0.29, 0.717) is 6.42 Å². The molecule has 5 nitrogen and oxygen atoms in total. The maximum absolute atomic E-state index is 10.6. The average molecular weight is 284 g/mol. The molecule has 0 spiro atoms. The van der Waals surface area contributed by atoms with Gasteiger partial charge in [0.05, 0.1) is 16.9 Å². The van der Waals surface area contributed by atoms with Crippen molar-refractivity contribution in [3.63, 3.8) is 0 Å². The molecule has 0 aliphatic rings. The van der Waals surface area contributed by atoms with Crippen molar-refractivity contribution in [1.29, 1.82) is 0 Å². The fourth-order valence-corrected chi connectivity index (χ4v) is 2.72. The fraction of sp³-hybridized carbons (Fsp3) is 0.375. The minimum atomic E-state index is -0.629. The van der Waals surface area contributed by atoms with Crippen molar-refractivity contribution in [1.82, 2.24) is 19.6 Å². The average Bonchev–Trinajstić information content (AvgIpc) is 3.01. The van der Waals surface area contributed by atoms with Gasteiger partial charge in [0.15, 0.2) is 0 Å². The van der Waals surface area contributed by atoms with E-state index in [-0.39, 0.29) is 0 Å². The molecule has 0 amide bonds. The van der Waals surface area contributed by atoms with Crippen molar-refractivity contribution in [2.75, 3.05) is 0 Å². The van der Waals surface area contributed by atoms with Crippen molar-refractivity contribution in [3.8, 4) is 0 Å². The number of aryl methyl sites for hydroxylation is 3. The van der Waals surface area contributed by atoms with Crippen LogP contribution in [0.5, 0.6) is 0 Å². The summed E-state index contributed by atoms with van der Waals surface area (Å²) < 4.78 is 3.65. The number of hydrogen-bond donors (Lipinski definition) is 1. The van der Waals surface area contributed by atoms with Crippen LogP contribution in [0.2, 0.25) is 0 Å². The number of para-hydroxylation sites is 1. The van der Waals surface area contributed by atoms with E-state index in [1.807, 2.05) is 53.8 Å². The number of rotatable bonds is 4. The van der Waals surface area contributed by atoms with E-state index in [4.69, 9.17) is 0 Å². The third-order valence-electron chi connectivity index (χ3n) is 3.89. The molecule has 0 aliphatic heterocycles. The Morgan fingerprint density at radius 3 is 2.62 bits per heavy atom. The van der Waals surface area contributed by atoms with Gasteiger partial charge in [-0.3, -0.25) is 9.36 Å². The summed E-state index contributed by atoms with van der Waals surface area (Å²) in [4.78, 5) is 0. The lowest BCUT2D eigenvalue weighted by molar-refractivity contribution is 0.171. The van der Waals surface area contributed by atoms with Gasteiger partial charge < -0.3 is 5.11 Å². The van der Waals surface area contributed by atoms with E-state index in [2.05, 4.69) is 17.1 Å². The van der Waals surface area contributed by atoms with Crippen molar-refractivity contribution >= 4 is 10.9 Å². The number of aromatic nitrogens is 4. The number of benzene rings is 1. The van der Waals surface area contributed by atoms with Crippen molar-refractivity contribution in [3.05, 3.63) is 47.4 Å². The van der Waals surface area contributed by atoms with Gasteiger partial charge in [-0.1, -0.05) is 25.1 Å². The molecule has 3 aromatic rings. The predicted octanol–water partition coefficient (Wildman–Crippen LogP) is 2.15. The minimum absolute atomic E-state index is 0.518. The zero-order valence-electron chi connectivity index (χ0n) is 12.6. The predicted molar refractivity (Wildman–Crippen MR) is 82.0 cm³/mol. The van der Waals surface area contributed by atoms with Crippen LogP contribution < -0.4 is 0 Å². The highest BCUT2D eigenvalue weighted by atomic mass is 16.3. The lowest BCUT2D eigenvalue weighted by Crippen LogP contribution is -2.07. The first-order valence-electron chi connectivity index (χ1n) is 7.21. The molecule has 1 unspecified atom stereocenters. The Balaban J connectivity index is 1.93. The minimum Gasteiger partial charge on any atom is -0.386 e. The molecule has 110 valence electrons. The van der Waals surface area contributed by atoms with Crippen molar-refractivity contribution in [2.24, 2.45) is 14.1 Å². The zero-order valence-corrected chi connectivity index (χ0v) is 12.6. The van der Waals surface area contributed by atoms with Crippen LogP contribution in [0, 0.1) is 0 Å². The molecule has 0 fully saturated rings. The highest BCUT2D eigenvalue weighted by Gasteiger charge is 2.18. The molecule has 0 aliphatic carbocycles. The molecule has 1 N–H and O–H groups in total. The van der Waals surface area contributed by atoms with E-state index in [0.717, 1.165) is 34.4 Å². The molecule has 3 rings (SSSR count). The molecule has 0 radical (unpaired) electrons. The van der Waals surface area contributed by atoms with E-state index in [9.17, 15) is 5.11 Å². The van der Waals surface area contributed by atoms with Crippen LogP contribution in [0.1, 0.15) is 30.1 Å². The SMILES string of the molecule is CCc1cc(CC(O)c2nn(C)c3ccccc23)n(C)n1. The Labute approximate surface area is 123 Å². The van der Waals surface area contributed by atoms with Gasteiger partial charge in [-0.15, -0.1) is 0 Å². The van der Waals surface area contributed by atoms with Crippen molar-refractivity contribution < 1.29 is 5.11 Å². The number of hydrogen-bond acceptors (Lipinski definition) is 3. The Morgan fingerprint density at radius 2 is 1.90 bits per heavy atom. The summed E-state index contributed by atoms with van der Waals surface area (Å²) in [6.07, 6.45) is 0.789.